The molecule has 0 amide bonds. The highest BCUT2D eigenvalue weighted by Crippen LogP contribution is 1.85. The number of hydrogen-bond donors (Lipinski definition) is 1. The van der Waals surface area contributed by atoms with Crippen molar-refractivity contribution in [3.05, 3.63) is 12.2 Å². The van der Waals surface area contributed by atoms with Gasteiger partial charge in [0.2, 0.25) is 0 Å². The van der Waals surface area contributed by atoms with Gasteiger partial charge < -0.3 is 9.90 Å². The van der Waals surface area contributed by atoms with Gasteiger partial charge in [0.1, 0.15) is 6.29 Å². The van der Waals surface area contributed by atoms with Gasteiger partial charge in [-0.1, -0.05) is 32.4 Å². The van der Waals surface area contributed by atoms with Crippen LogP contribution < -0.4 is 0 Å². The molecule has 0 heterocycles. The van der Waals surface area contributed by atoms with Crippen molar-refractivity contribution in [1.29, 1.82) is 0 Å². The highest BCUT2D eigenvalue weighted by atomic mass is 16.2. The van der Waals surface area contributed by atoms with Crippen LogP contribution in [0, 0.1) is 0 Å². The van der Waals surface area contributed by atoms with Crippen LogP contribution in [0.15, 0.2) is 12.2 Å². The van der Waals surface area contributed by atoms with Crippen molar-refractivity contribution < 1.29 is 9.90 Å². The minimum Gasteiger partial charge on any atom is -0.392 e. The van der Waals surface area contributed by atoms with Crippen molar-refractivity contribution >= 4 is 6.29 Å². The van der Waals surface area contributed by atoms with E-state index in [2.05, 4.69) is 6.92 Å². The number of allylic oxidation sites excluding steroid dienone is 1. The molecule has 2 nitrogen and oxygen atoms in total. The van der Waals surface area contributed by atoms with Gasteiger partial charge in [0.25, 0.3) is 0 Å². The van der Waals surface area contributed by atoms with E-state index in [-0.39, 0.29) is 6.61 Å². The summed E-state index contributed by atoms with van der Waals surface area (Å²) in [6.07, 6.45) is 8.62. The molecule has 0 aliphatic carbocycles. The zero-order chi connectivity index (χ0) is 9.66. The third kappa shape index (κ3) is 22.8. The standard InChI is InChI=1S/C6H12O.C4H8O/c1-2-3-4-5-6-7;1-2-3-4-5/h4-5,7H,2-3,6H2,1H3;4H,2-3H2,1H3/b5-4+;. The van der Waals surface area contributed by atoms with Gasteiger partial charge >= 0.3 is 0 Å². The lowest BCUT2D eigenvalue weighted by Gasteiger charge is -1.79. The number of aldehydes is 1. The maximum absolute atomic E-state index is 9.40. The Balaban J connectivity index is 0. The molecule has 2 heteroatoms. The lowest BCUT2D eigenvalue weighted by Crippen LogP contribution is -1.69. The summed E-state index contributed by atoms with van der Waals surface area (Å²) in [5.41, 5.74) is 0. The van der Waals surface area contributed by atoms with E-state index in [0.29, 0.717) is 6.42 Å². The molecule has 0 bridgehead atoms. The van der Waals surface area contributed by atoms with Crippen molar-refractivity contribution in [3.8, 4) is 0 Å². The maximum Gasteiger partial charge on any atom is 0.119 e. The normalized spacial score (nSPS) is 9.25. The van der Waals surface area contributed by atoms with Gasteiger partial charge in [0.05, 0.1) is 6.61 Å². The summed E-state index contributed by atoms with van der Waals surface area (Å²) in [4.78, 5) is 9.40. The molecule has 0 aliphatic rings. The molecular formula is C10H20O2. The van der Waals surface area contributed by atoms with Gasteiger partial charge in [-0.3, -0.25) is 0 Å². The fourth-order valence-corrected chi connectivity index (χ4v) is 0.477. The molecule has 0 atom stereocenters. The number of aliphatic hydroxyl groups excluding tert-OH is 1. The average molecular weight is 172 g/mol. The molecule has 0 aromatic carbocycles. The minimum atomic E-state index is 0.181. The summed E-state index contributed by atoms with van der Waals surface area (Å²) in [5.74, 6) is 0. The first kappa shape index (κ1) is 13.9. The molecule has 72 valence electrons. The van der Waals surface area contributed by atoms with Gasteiger partial charge in [-0.05, 0) is 12.8 Å². The van der Waals surface area contributed by atoms with Gasteiger partial charge in [-0.15, -0.1) is 0 Å². The van der Waals surface area contributed by atoms with E-state index in [1.807, 2.05) is 13.0 Å². The largest absolute Gasteiger partial charge is 0.392 e. The van der Waals surface area contributed by atoms with Crippen LogP contribution in [0.25, 0.3) is 0 Å². The van der Waals surface area contributed by atoms with E-state index in [9.17, 15) is 4.79 Å². The Labute approximate surface area is 75.3 Å². The third-order valence-electron chi connectivity index (χ3n) is 1.13. The molecule has 0 aromatic rings. The van der Waals surface area contributed by atoms with E-state index in [4.69, 9.17) is 5.11 Å². The number of rotatable bonds is 5. The first-order chi connectivity index (χ1) is 5.83. The van der Waals surface area contributed by atoms with Gasteiger partial charge in [0.15, 0.2) is 0 Å². The molecule has 0 saturated heterocycles. The van der Waals surface area contributed by atoms with Crippen LogP contribution in [0.2, 0.25) is 0 Å². The van der Waals surface area contributed by atoms with Gasteiger partial charge in [-0.2, -0.15) is 0 Å². The highest BCUT2D eigenvalue weighted by Gasteiger charge is 1.68. The van der Waals surface area contributed by atoms with Crippen molar-refractivity contribution in [2.75, 3.05) is 6.61 Å². The van der Waals surface area contributed by atoms with Crippen molar-refractivity contribution in [3.63, 3.8) is 0 Å². The van der Waals surface area contributed by atoms with E-state index < -0.39 is 0 Å². The molecule has 0 saturated carbocycles. The zero-order valence-electron chi connectivity index (χ0n) is 8.12. The summed E-state index contributed by atoms with van der Waals surface area (Å²) in [6.45, 7) is 4.27. The fourth-order valence-electron chi connectivity index (χ4n) is 0.477. The predicted octanol–water partition coefficient (Wildman–Crippen LogP) is 2.32. The lowest BCUT2D eigenvalue weighted by molar-refractivity contribution is -0.107. The molecule has 0 rings (SSSR count). The molecule has 0 radical (unpaired) electrons. The Kier molecular flexibility index (Phi) is 19.5. The Hall–Kier alpha value is -0.630. The second-order valence-electron chi connectivity index (χ2n) is 2.40. The Morgan fingerprint density at radius 1 is 1.08 bits per heavy atom. The quantitative estimate of drug-likeness (QED) is 0.510. The van der Waals surface area contributed by atoms with Crippen LogP contribution in [-0.2, 0) is 4.79 Å². The molecule has 0 unspecified atom stereocenters. The molecule has 12 heavy (non-hydrogen) atoms. The Bertz CT molecular complexity index is 98.0. The minimum absolute atomic E-state index is 0.181. The number of hydrogen-bond acceptors (Lipinski definition) is 2. The highest BCUT2D eigenvalue weighted by molar-refractivity contribution is 5.48. The Morgan fingerprint density at radius 3 is 1.92 bits per heavy atom. The number of aliphatic hydroxyl groups is 1. The number of carbonyl (C=O) groups is 1. The van der Waals surface area contributed by atoms with Crippen LogP contribution in [-0.4, -0.2) is 18.0 Å². The van der Waals surface area contributed by atoms with Gasteiger partial charge in [0, 0.05) is 6.42 Å². The van der Waals surface area contributed by atoms with E-state index >= 15 is 0 Å². The number of unbranched alkanes of at least 4 members (excludes halogenated alkanes) is 2. The smallest absolute Gasteiger partial charge is 0.119 e. The second kappa shape index (κ2) is 16.8. The molecule has 0 fully saturated rings. The average Bonchev–Trinajstić information content (AvgIpc) is 2.08. The monoisotopic (exact) mass is 172 g/mol. The lowest BCUT2D eigenvalue weighted by atomic mass is 10.3. The first-order valence-corrected chi connectivity index (χ1v) is 4.52. The van der Waals surface area contributed by atoms with Crippen molar-refractivity contribution in [1.82, 2.24) is 0 Å². The summed E-state index contributed by atoms with van der Waals surface area (Å²) < 4.78 is 0. The SMILES string of the molecule is CCC/C=C/CO.CCCC=O. The fraction of sp³-hybridized carbons (Fsp3) is 0.700. The summed E-state index contributed by atoms with van der Waals surface area (Å²) in [5, 5.41) is 8.21. The van der Waals surface area contributed by atoms with Crippen molar-refractivity contribution in [2.24, 2.45) is 0 Å². The van der Waals surface area contributed by atoms with E-state index in [0.717, 1.165) is 25.5 Å². The summed E-state index contributed by atoms with van der Waals surface area (Å²) in [6, 6.07) is 0. The van der Waals surface area contributed by atoms with E-state index in [1.54, 1.807) is 6.08 Å². The predicted molar refractivity (Wildman–Crippen MR) is 52.1 cm³/mol. The van der Waals surface area contributed by atoms with Crippen molar-refractivity contribution in [2.45, 2.75) is 39.5 Å². The Morgan fingerprint density at radius 2 is 1.67 bits per heavy atom. The van der Waals surface area contributed by atoms with Crippen LogP contribution in [0.4, 0.5) is 0 Å². The molecule has 0 spiro atoms. The van der Waals surface area contributed by atoms with Crippen LogP contribution in [0.1, 0.15) is 39.5 Å². The topological polar surface area (TPSA) is 37.3 Å². The van der Waals surface area contributed by atoms with Gasteiger partial charge in [-0.25, -0.2) is 0 Å². The van der Waals surface area contributed by atoms with Crippen LogP contribution in [0.5, 0.6) is 0 Å². The zero-order valence-corrected chi connectivity index (χ0v) is 8.12. The molecule has 1 N–H and O–H groups in total. The summed E-state index contributed by atoms with van der Waals surface area (Å²) in [7, 11) is 0. The first-order valence-electron chi connectivity index (χ1n) is 4.52. The van der Waals surface area contributed by atoms with Crippen LogP contribution >= 0.6 is 0 Å². The molecule has 0 aliphatic heterocycles. The third-order valence-corrected chi connectivity index (χ3v) is 1.13. The molecule has 0 aromatic heterocycles. The molecular weight excluding hydrogens is 152 g/mol. The maximum atomic E-state index is 9.40. The second-order valence-corrected chi connectivity index (χ2v) is 2.40. The summed E-state index contributed by atoms with van der Waals surface area (Å²) >= 11 is 0. The van der Waals surface area contributed by atoms with Crippen LogP contribution in [0.3, 0.4) is 0 Å². The van der Waals surface area contributed by atoms with E-state index in [1.165, 1.54) is 0 Å². The number of carbonyl (C=O) groups excluding carboxylic acids is 1.